The Morgan fingerprint density at radius 2 is 1.50 bits per heavy atom. The molecule has 2 aromatic rings. The van der Waals surface area contributed by atoms with E-state index in [1.165, 1.54) is 10.4 Å². The highest BCUT2D eigenvalue weighted by Crippen LogP contribution is 2.50. The molecule has 0 aliphatic heterocycles. The van der Waals surface area contributed by atoms with Crippen LogP contribution in [-0.4, -0.2) is 25.1 Å². The van der Waals surface area contributed by atoms with Crippen molar-refractivity contribution in [1.82, 2.24) is 0 Å². The highest BCUT2D eigenvalue weighted by molar-refractivity contribution is 6.99. The van der Waals surface area contributed by atoms with Crippen LogP contribution in [0.15, 0.2) is 72.8 Å². The SMILES string of the molecule is CC(C)(C)[Si](O[C@@H]1CC[C@@]2(O)C=CCC[C@]1(C)C2)(c1ccccc1)c1ccccc1. The first-order chi connectivity index (χ1) is 14.2. The van der Waals surface area contributed by atoms with Gasteiger partial charge in [-0.25, -0.2) is 0 Å². The predicted octanol–water partition coefficient (Wildman–Crippen LogP) is 5.20. The molecular formula is C27H36O2Si. The van der Waals surface area contributed by atoms with Gasteiger partial charge in [-0.1, -0.05) is 101 Å². The largest absolute Gasteiger partial charge is 0.404 e. The molecule has 30 heavy (non-hydrogen) atoms. The van der Waals surface area contributed by atoms with Crippen molar-refractivity contribution >= 4 is 18.7 Å². The van der Waals surface area contributed by atoms with Crippen LogP contribution in [0, 0.1) is 5.41 Å². The molecule has 0 aromatic heterocycles. The lowest BCUT2D eigenvalue weighted by Gasteiger charge is -2.52. The van der Waals surface area contributed by atoms with Gasteiger partial charge in [0.05, 0.1) is 11.7 Å². The zero-order valence-corrected chi connectivity index (χ0v) is 19.9. The minimum absolute atomic E-state index is 0.0242. The van der Waals surface area contributed by atoms with Crippen molar-refractivity contribution < 1.29 is 9.53 Å². The first-order valence-corrected chi connectivity index (χ1v) is 13.3. The molecule has 1 fully saturated rings. The van der Waals surface area contributed by atoms with Crippen LogP contribution >= 0.6 is 0 Å². The van der Waals surface area contributed by atoms with E-state index < -0.39 is 13.9 Å². The summed E-state index contributed by atoms with van der Waals surface area (Å²) in [4.78, 5) is 0. The topological polar surface area (TPSA) is 29.5 Å². The zero-order valence-electron chi connectivity index (χ0n) is 18.9. The van der Waals surface area contributed by atoms with E-state index in [-0.39, 0.29) is 16.6 Å². The molecule has 2 aromatic carbocycles. The Labute approximate surface area is 183 Å². The summed E-state index contributed by atoms with van der Waals surface area (Å²) >= 11 is 0. The van der Waals surface area contributed by atoms with Gasteiger partial charge < -0.3 is 9.53 Å². The van der Waals surface area contributed by atoms with Gasteiger partial charge >= 0.3 is 0 Å². The number of fused-ring (bicyclic) bond motifs is 2. The number of aliphatic hydroxyl groups is 1. The molecule has 2 aliphatic carbocycles. The van der Waals surface area contributed by atoms with Gasteiger partial charge in [0.2, 0.25) is 0 Å². The van der Waals surface area contributed by atoms with Crippen molar-refractivity contribution in [3.63, 3.8) is 0 Å². The summed E-state index contributed by atoms with van der Waals surface area (Å²) in [5, 5.41) is 13.8. The van der Waals surface area contributed by atoms with Gasteiger partial charge in [-0.3, -0.25) is 0 Å². The van der Waals surface area contributed by atoms with Gasteiger partial charge in [0.1, 0.15) is 0 Å². The minimum atomic E-state index is -2.58. The average molecular weight is 421 g/mol. The van der Waals surface area contributed by atoms with E-state index >= 15 is 0 Å². The Hall–Kier alpha value is -1.68. The van der Waals surface area contributed by atoms with Crippen molar-refractivity contribution in [1.29, 1.82) is 0 Å². The lowest BCUT2D eigenvalue weighted by atomic mass is 9.66. The number of hydrogen-bond donors (Lipinski definition) is 1. The maximum absolute atomic E-state index is 11.1. The van der Waals surface area contributed by atoms with Crippen molar-refractivity contribution in [2.75, 3.05) is 0 Å². The summed E-state index contributed by atoms with van der Waals surface area (Å²) < 4.78 is 7.50. The fourth-order valence-corrected chi connectivity index (χ4v) is 10.7. The molecule has 3 heteroatoms. The lowest BCUT2D eigenvalue weighted by Crippen LogP contribution is -2.69. The van der Waals surface area contributed by atoms with Crippen molar-refractivity contribution in [2.24, 2.45) is 5.41 Å². The summed E-state index contributed by atoms with van der Waals surface area (Å²) in [5.41, 5.74) is -0.694. The molecule has 160 valence electrons. The number of rotatable bonds is 4. The molecule has 1 N–H and O–H groups in total. The van der Waals surface area contributed by atoms with E-state index in [1.807, 2.05) is 0 Å². The first-order valence-electron chi connectivity index (χ1n) is 11.4. The van der Waals surface area contributed by atoms with Gasteiger partial charge in [-0.2, -0.15) is 0 Å². The van der Waals surface area contributed by atoms with Gasteiger partial charge in [0, 0.05) is 0 Å². The number of allylic oxidation sites excluding steroid dienone is 1. The molecule has 0 saturated heterocycles. The fraction of sp³-hybridized carbons (Fsp3) is 0.481. The number of benzene rings is 2. The molecule has 0 heterocycles. The van der Waals surface area contributed by atoms with Crippen LogP contribution < -0.4 is 10.4 Å². The molecule has 4 rings (SSSR count). The second kappa shape index (κ2) is 7.78. The molecule has 0 unspecified atom stereocenters. The monoisotopic (exact) mass is 420 g/mol. The number of hydrogen-bond acceptors (Lipinski definition) is 2. The smallest absolute Gasteiger partial charge is 0.261 e. The quantitative estimate of drug-likeness (QED) is 0.544. The highest BCUT2D eigenvalue weighted by Gasteiger charge is 2.55. The molecule has 0 spiro atoms. The minimum Gasteiger partial charge on any atom is -0.404 e. The van der Waals surface area contributed by atoms with Crippen molar-refractivity contribution in [3.8, 4) is 0 Å². The Kier molecular flexibility index (Phi) is 5.59. The highest BCUT2D eigenvalue weighted by atomic mass is 28.4. The molecule has 3 atom stereocenters. The lowest BCUT2D eigenvalue weighted by molar-refractivity contribution is -0.0742. The van der Waals surface area contributed by atoms with E-state index in [0.717, 1.165) is 32.1 Å². The summed E-state index contributed by atoms with van der Waals surface area (Å²) in [5.74, 6) is 0. The average Bonchev–Trinajstić information content (AvgIpc) is 2.84. The van der Waals surface area contributed by atoms with Crippen LogP contribution in [0.3, 0.4) is 0 Å². The van der Waals surface area contributed by atoms with E-state index in [0.29, 0.717) is 0 Å². The summed E-state index contributed by atoms with van der Waals surface area (Å²) in [7, 11) is -2.58. The molecule has 2 nitrogen and oxygen atoms in total. The van der Waals surface area contributed by atoms with Crippen LogP contribution in [-0.2, 0) is 4.43 Å². The fourth-order valence-electron chi connectivity index (χ4n) is 5.84. The maximum atomic E-state index is 11.1. The van der Waals surface area contributed by atoms with Crippen molar-refractivity contribution in [2.45, 2.75) is 76.5 Å². The van der Waals surface area contributed by atoms with Crippen LogP contribution in [0.4, 0.5) is 0 Å². The first kappa shape index (κ1) is 21.5. The molecule has 1 saturated carbocycles. The third-order valence-electron chi connectivity index (χ3n) is 7.37. The Balaban J connectivity index is 1.83. The second-order valence-corrected chi connectivity index (χ2v) is 14.9. The third kappa shape index (κ3) is 3.72. The van der Waals surface area contributed by atoms with Crippen LogP contribution in [0.1, 0.15) is 59.8 Å². The van der Waals surface area contributed by atoms with E-state index in [4.69, 9.17) is 4.43 Å². The van der Waals surface area contributed by atoms with Gasteiger partial charge in [0.25, 0.3) is 8.32 Å². The summed E-state index contributed by atoms with van der Waals surface area (Å²) in [6.45, 7) is 9.37. The molecular weight excluding hydrogens is 384 g/mol. The van der Waals surface area contributed by atoms with Gasteiger partial charge in [-0.15, -0.1) is 0 Å². The molecule has 2 bridgehead atoms. The maximum Gasteiger partial charge on any atom is 0.261 e. The molecule has 0 amide bonds. The molecule has 2 aliphatic rings. The standard InChI is InChI=1S/C27H36O2Si/c1-25(2,3)30(22-13-7-5-8-14-22,23-15-9-6-10-16-23)29-24-17-20-27(28)19-12-11-18-26(24,4)21-27/h5-10,12-16,19,24,28H,11,17-18,20-21H2,1-4H3/t24-,26-,27+/m1/s1. The van der Waals surface area contributed by atoms with E-state index in [1.54, 1.807) is 0 Å². The Morgan fingerprint density at radius 1 is 0.933 bits per heavy atom. The Morgan fingerprint density at radius 3 is 2.03 bits per heavy atom. The summed E-state index contributed by atoms with van der Waals surface area (Å²) in [6.07, 6.45) is 8.93. The normalized spacial score (nSPS) is 29.4. The van der Waals surface area contributed by atoms with E-state index in [9.17, 15) is 5.11 Å². The van der Waals surface area contributed by atoms with Crippen LogP contribution in [0.25, 0.3) is 0 Å². The van der Waals surface area contributed by atoms with Crippen LogP contribution in [0.2, 0.25) is 5.04 Å². The third-order valence-corrected chi connectivity index (χ3v) is 12.4. The zero-order chi connectivity index (χ0) is 21.5. The van der Waals surface area contributed by atoms with Crippen molar-refractivity contribution in [3.05, 3.63) is 72.8 Å². The predicted molar refractivity (Wildman–Crippen MR) is 128 cm³/mol. The van der Waals surface area contributed by atoms with Gasteiger partial charge in [0.15, 0.2) is 0 Å². The second-order valence-electron chi connectivity index (χ2n) is 10.7. The van der Waals surface area contributed by atoms with E-state index in [2.05, 4.69) is 101 Å². The van der Waals surface area contributed by atoms with Crippen LogP contribution in [0.5, 0.6) is 0 Å². The Bertz CT molecular complexity index is 847. The van der Waals surface area contributed by atoms with Gasteiger partial charge in [-0.05, 0) is 52.9 Å². The molecule has 0 radical (unpaired) electrons. The summed E-state index contributed by atoms with van der Waals surface area (Å²) in [6, 6.07) is 21.8.